The monoisotopic (exact) mass is 628 g/mol. The highest BCUT2D eigenvalue weighted by Crippen LogP contribution is 2.40. The van der Waals surface area contributed by atoms with Crippen molar-refractivity contribution in [2.45, 2.75) is 49.7 Å². The van der Waals surface area contributed by atoms with Crippen molar-refractivity contribution in [3.05, 3.63) is 95.1 Å². The number of morpholine rings is 2. The van der Waals surface area contributed by atoms with Crippen molar-refractivity contribution in [3.8, 4) is 0 Å². The molecular formula is C34H38F2N8O2. The Labute approximate surface area is 266 Å². The summed E-state index contributed by atoms with van der Waals surface area (Å²) in [7, 11) is 0. The molecule has 10 nitrogen and oxygen atoms in total. The Balaban J connectivity index is 0.000000147. The number of nitrogens with one attached hydrogen (secondary N) is 4. The number of benzene rings is 2. The number of ether oxygens (including phenoxy) is 2. The van der Waals surface area contributed by atoms with Gasteiger partial charge in [-0.15, -0.1) is 0 Å². The minimum atomic E-state index is -0.327. The van der Waals surface area contributed by atoms with E-state index in [9.17, 15) is 8.78 Å². The first kappa shape index (κ1) is 30.5. The highest BCUT2D eigenvalue weighted by atomic mass is 19.1. The minimum absolute atomic E-state index is 0.0959. The topological polar surface area (TPSA) is 118 Å². The van der Waals surface area contributed by atoms with Crippen LogP contribution in [-0.2, 0) is 9.47 Å². The van der Waals surface area contributed by atoms with E-state index in [-0.39, 0.29) is 23.8 Å². The van der Waals surface area contributed by atoms with Gasteiger partial charge in [0, 0.05) is 51.0 Å². The van der Waals surface area contributed by atoms with Gasteiger partial charge in [-0.3, -0.25) is 0 Å². The van der Waals surface area contributed by atoms with Crippen LogP contribution >= 0.6 is 0 Å². The fourth-order valence-corrected chi connectivity index (χ4v) is 5.53. The van der Waals surface area contributed by atoms with E-state index in [1.165, 1.54) is 37.8 Å². The van der Waals surface area contributed by atoms with E-state index < -0.39 is 0 Å². The zero-order valence-electron chi connectivity index (χ0n) is 25.5. The van der Waals surface area contributed by atoms with Gasteiger partial charge in [-0.25, -0.2) is 28.7 Å². The number of anilines is 4. The molecule has 2 aromatic heterocycles. The van der Waals surface area contributed by atoms with Crippen LogP contribution in [0.15, 0.2) is 61.2 Å². The lowest BCUT2D eigenvalue weighted by Crippen LogP contribution is -2.33. The molecule has 240 valence electrons. The van der Waals surface area contributed by atoms with Crippen LogP contribution in [0.5, 0.6) is 0 Å². The fraction of sp³-hybridized carbons (Fsp3) is 0.412. The van der Waals surface area contributed by atoms with E-state index in [0.29, 0.717) is 61.4 Å². The zero-order valence-corrected chi connectivity index (χ0v) is 25.5. The summed E-state index contributed by atoms with van der Waals surface area (Å²) >= 11 is 0. The molecule has 0 radical (unpaired) electrons. The van der Waals surface area contributed by atoms with Crippen LogP contribution in [0.25, 0.3) is 0 Å². The molecule has 0 amide bonds. The van der Waals surface area contributed by atoms with Gasteiger partial charge in [-0.1, -0.05) is 12.1 Å². The quantitative estimate of drug-likeness (QED) is 0.191. The second-order valence-electron chi connectivity index (χ2n) is 12.1. The van der Waals surface area contributed by atoms with Gasteiger partial charge in [0.05, 0.1) is 36.8 Å². The van der Waals surface area contributed by atoms with Crippen molar-refractivity contribution < 1.29 is 18.3 Å². The smallest absolute Gasteiger partial charge is 0.227 e. The third-order valence-corrected chi connectivity index (χ3v) is 8.52. The van der Waals surface area contributed by atoms with E-state index in [1.54, 1.807) is 12.1 Å². The van der Waals surface area contributed by atoms with Crippen LogP contribution in [0.2, 0.25) is 0 Å². The first-order chi connectivity index (χ1) is 22.6. The summed E-state index contributed by atoms with van der Waals surface area (Å²) in [6.45, 7) is 4.39. The Hall–Kier alpha value is -4.10. The van der Waals surface area contributed by atoms with Crippen molar-refractivity contribution in [3.63, 3.8) is 0 Å². The van der Waals surface area contributed by atoms with Crippen LogP contribution in [0.1, 0.15) is 72.0 Å². The van der Waals surface area contributed by atoms with Crippen molar-refractivity contribution in [1.82, 2.24) is 30.6 Å². The maximum atomic E-state index is 14.3. The van der Waals surface area contributed by atoms with Crippen LogP contribution in [-0.4, -0.2) is 59.3 Å². The molecular weight excluding hydrogens is 590 g/mol. The molecule has 0 unspecified atom stereocenters. The normalized spacial score (nSPS) is 21.2. The molecule has 4 heterocycles. The standard InChI is InChI=1S/2C17H19FN4O/c2*18-14-7-12(16-10-19-5-6-23-16)3-4-15(14)22-17-20-8-13(9-21-17)11-1-2-11/h2*3-4,7-9,11,16,19H,1-2,5-6,10H2,(H,20,21,22)/t2*16-/m10/s1. The summed E-state index contributed by atoms with van der Waals surface area (Å²) in [5, 5.41) is 12.4. The van der Waals surface area contributed by atoms with Gasteiger partial charge in [0.25, 0.3) is 0 Å². The molecule has 46 heavy (non-hydrogen) atoms. The first-order valence-electron chi connectivity index (χ1n) is 16.0. The van der Waals surface area contributed by atoms with Gasteiger partial charge in [-0.2, -0.15) is 0 Å². The van der Waals surface area contributed by atoms with E-state index in [4.69, 9.17) is 9.47 Å². The Morgan fingerprint density at radius 1 is 0.587 bits per heavy atom. The molecule has 2 saturated carbocycles. The Kier molecular flexibility index (Phi) is 9.38. The van der Waals surface area contributed by atoms with Crippen LogP contribution in [0.4, 0.5) is 32.1 Å². The van der Waals surface area contributed by atoms with Gasteiger partial charge < -0.3 is 30.7 Å². The van der Waals surface area contributed by atoms with Gasteiger partial charge in [0.15, 0.2) is 0 Å². The van der Waals surface area contributed by atoms with Gasteiger partial charge >= 0.3 is 0 Å². The SMILES string of the molecule is Fc1cc([C@@H]2CNCCO2)ccc1Nc1ncc(C2CC2)cn1.Fc1cc([C@H]2CNCCO2)ccc1Nc1ncc(C2CC2)cn1. The Morgan fingerprint density at radius 2 is 1.00 bits per heavy atom. The lowest BCUT2D eigenvalue weighted by molar-refractivity contribution is 0.0275. The second kappa shape index (κ2) is 14.1. The van der Waals surface area contributed by atoms with Crippen LogP contribution in [0, 0.1) is 11.6 Å². The van der Waals surface area contributed by atoms with E-state index in [1.807, 2.05) is 36.9 Å². The number of aromatic nitrogens is 4. The highest BCUT2D eigenvalue weighted by molar-refractivity contribution is 5.56. The number of rotatable bonds is 8. The summed E-state index contributed by atoms with van der Waals surface area (Å²) in [4.78, 5) is 17.1. The highest BCUT2D eigenvalue weighted by Gasteiger charge is 2.25. The molecule has 0 spiro atoms. The molecule has 4 fully saturated rings. The molecule has 2 aliphatic heterocycles. The number of nitrogens with zero attached hydrogens (tertiary/aromatic N) is 4. The van der Waals surface area contributed by atoms with Crippen molar-refractivity contribution >= 4 is 23.3 Å². The molecule has 2 aromatic carbocycles. The maximum absolute atomic E-state index is 14.3. The van der Waals surface area contributed by atoms with Crippen LogP contribution < -0.4 is 21.3 Å². The predicted octanol–water partition coefficient (Wildman–Crippen LogP) is 5.80. The average molecular weight is 629 g/mol. The van der Waals surface area contributed by atoms with Gasteiger partial charge in [0.1, 0.15) is 11.6 Å². The second-order valence-corrected chi connectivity index (χ2v) is 12.1. The average Bonchev–Trinajstić information content (AvgIpc) is 4.03. The summed E-state index contributed by atoms with van der Waals surface area (Å²) in [5.74, 6) is 1.40. The van der Waals surface area contributed by atoms with Crippen molar-refractivity contribution in [2.75, 3.05) is 50.0 Å². The fourth-order valence-electron chi connectivity index (χ4n) is 5.53. The zero-order chi connectivity index (χ0) is 31.3. The molecule has 2 saturated heterocycles. The predicted molar refractivity (Wildman–Crippen MR) is 171 cm³/mol. The van der Waals surface area contributed by atoms with Gasteiger partial charge in [0.2, 0.25) is 11.9 Å². The lowest BCUT2D eigenvalue weighted by Gasteiger charge is -2.24. The maximum Gasteiger partial charge on any atom is 0.227 e. The Bertz CT molecular complexity index is 1480. The number of halogens is 2. The van der Waals surface area contributed by atoms with E-state index >= 15 is 0 Å². The molecule has 12 heteroatoms. The van der Waals surface area contributed by atoms with E-state index in [2.05, 4.69) is 41.2 Å². The number of hydrogen-bond donors (Lipinski definition) is 4. The Morgan fingerprint density at radius 3 is 1.33 bits per heavy atom. The summed E-state index contributed by atoms with van der Waals surface area (Å²) in [5.41, 5.74) is 4.74. The largest absolute Gasteiger partial charge is 0.371 e. The lowest BCUT2D eigenvalue weighted by atomic mass is 10.1. The third-order valence-electron chi connectivity index (χ3n) is 8.52. The summed E-state index contributed by atoms with van der Waals surface area (Å²) < 4.78 is 39.9. The van der Waals surface area contributed by atoms with Crippen LogP contribution in [0.3, 0.4) is 0 Å². The molecule has 2 aliphatic carbocycles. The summed E-state index contributed by atoms with van der Waals surface area (Å²) in [6.07, 6.45) is 11.9. The molecule has 4 aromatic rings. The summed E-state index contributed by atoms with van der Waals surface area (Å²) in [6, 6.07) is 10.2. The number of hydrogen-bond acceptors (Lipinski definition) is 10. The van der Waals surface area contributed by atoms with E-state index in [0.717, 1.165) is 35.3 Å². The molecule has 8 rings (SSSR count). The minimum Gasteiger partial charge on any atom is -0.371 e. The molecule has 4 aliphatic rings. The molecule has 4 N–H and O–H groups in total. The van der Waals surface area contributed by atoms with Crippen molar-refractivity contribution in [1.29, 1.82) is 0 Å². The van der Waals surface area contributed by atoms with Crippen molar-refractivity contribution in [2.24, 2.45) is 0 Å². The molecule has 0 bridgehead atoms. The van der Waals surface area contributed by atoms with Gasteiger partial charge in [-0.05, 0) is 84.0 Å². The first-order valence-corrected chi connectivity index (χ1v) is 16.0. The molecule has 2 atom stereocenters. The third kappa shape index (κ3) is 7.81.